The van der Waals surface area contributed by atoms with Gasteiger partial charge in [0.2, 0.25) is 0 Å². The fraction of sp³-hybridized carbons (Fsp3) is 0.143. The molecule has 0 spiro atoms. The molecule has 2 heterocycles. The Hall–Kier alpha value is -1.16. The molecule has 0 fully saturated rings. The lowest BCUT2D eigenvalue weighted by molar-refractivity contribution is 0.179. The molecule has 4 heteroatoms. The maximum Gasteiger partial charge on any atom is 0.104 e. The van der Waals surface area contributed by atoms with E-state index in [1.807, 2.05) is 18.3 Å². The van der Waals surface area contributed by atoms with Gasteiger partial charge in [0.25, 0.3) is 0 Å². The van der Waals surface area contributed by atoms with Gasteiger partial charge in [-0.05, 0) is 6.07 Å². The summed E-state index contributed by atoms with van der Waals surface area (Å²) in [6, 6.07) is 3.89. The van der Waals surface area contributed by atoms with Crippen LogP contribution in [0, 0.1) is 0 Å². The van der Waals surface area contributed by atoms with Crippen molar-refractivity contribution in [2.75, 3.05) is 12.8 Å². The molecular weight excluding hydrogens is 160 g/mol. The van der Waals surface area contributed by atoms with Crippen molar-refractivity contribution < 1.29 is 4.84 Å². The lowest BCUT2D eigenvalue weighted by atomic mass is 10.5. The summed E-state index contributed by atoms with van der Waals surface area (Å²) in [6.07, 6.45) is 1.88. The molecule has 0 aliphatic rings. The van der Waals surface area contributed by atoms with Crippen molar-refractivity contribution in [3.05, 3.63) is 18.3 Å². The molecule has 0 saturated heterocycles. The minimum absolute atomic E-state index is 0.821. The molecule has 0 aliphatic heterocycles. The molecule has 58 valence electrons. The maximum atomic E-state index is 5.61. The van der Waals surface area contributed by atoms with Crippen LogP contribution >= 0.6 is 11.3 Å². The van der Waals surface area contributed by atoms with Gasteiger partial charge in [-0.3, -0.25) is 0 Å². The van der Waals surface area contributed by atoms with Crippen LogP contribution in [0.25, 0.3) is 10.2 Å². The average Bonchev–Trinajstić information content (AvgIpc) is 2.45. The van der Waals surface area contributed by atoms with Crippen molar-refractivity contribution >= 4 is 26.6 Å². The summed E-state index contributed by atoms with van der Waals surface area (Å²) in [6.45, 7) is 0. The molecule has 2 aromatic rings. The van der Waals surface area contributed by atoms with E-state index in [1.54, 1.807) is 23.2 Å². The highest BCUT2D eigenvalue weighted by Crippen LogP contribution is 2.27. The second-order valence-electron chi connectivity index (χ2n) is 2.22. The predicted molar refractivity (Wildman–Crippen MR) is 46.7 cm³/mol. The second kappa shape index (κ2) is 2.17. The van der Waals surface area contributed by atoms with Crippen molar-refractivity contribution in [3.8, 4) is 0 Å². The third-order valence-electron chi connectivity index (χ3n) is 1.55. The monoisotopic (exact) mass is 168 g/mol. The Bertz CT molecular complexity index is 377. The van der Waals surface area contributed by atoms with E-state index in [-0.39, 0.29) is 0 Å². The summed E-state index contributed by atoms with van der Waals surface area (Å²) >= 11 is 1.57. The Kier molecular flexibility index (Phi) is 1.29. The quantitative estimate of drug-likeness (QED) is 0.698. The number of fused-ring (bicyclic) bond motifs is 1. The molecular formula is C7H8N2OS. The van der Waals surface area contributed by atoms with E-state index in [9.17, 15) is 0 Å². The van der Waals surface area contributed by atoms with Gasteiger partial charge in [-0.2, -0.15) is 4.73 Å². The Morgan fingerprint density at radius 2 is 2.45 bits per heavy atom. The summed E-state index contributed by atoms with van der Waals surface area (Å²) < 4.78 is 2.85. The molecule has 2 rings (SSSR count). The molecule has 3 nitrogen and oxygen atoms in total. The summed E-state index contributed by atoms with van der Waals surface area (Å²) in [7, 11) is 1.63. The summed E-state index contributed by atoms with van der Waals surface area (Å²) in [5.41, 5.74) is 6.65. The van der Waals surface area contributed by atoms with E-state index in [1.165, 1.54) is 0 Å². The van der Waals surface area contributed by atoms with Gasteiger partial charge >= 0.3 is 0 Å². The van der Waals surface area contributed by atoms with Crippen LogP contribution in [0.2, 0.25) is 0 Å². The molecule has 0 saturated carbocycles. The van der Waals surface area contributed by atoms with E-state index in [0.29, 0.717) is 0 Å². The number of anilines is 1. The number of nitrogen functional groups attached to an aromatic ring is 1. The number of nitrogens with zero attached hydrogens (tertiary/aromatic N) is 1. The van der Waals surface area contributed by atoms with Gasteiger partial charge in [-0.1, -0.05) is 0 Å². The van der Waals surface area contributed by atoms with Crippen molar-refractivity contribution in [3.63, 3.8) is 0 Å². The van der Waals surface area contributed by atoms with E-state index in [2.05, 4.69) is 0 Å². The first-order chi connectivity index (χ1) is 5.31. The summed E-state index contributed by atoms with van der Waals surface area (Å²) in [5, 5.41) is 0.821. The lowest BCUT2D eigenvalue weighted by Gasteiger charge is -1.97. The molecule has 0 unspecified atom stereocenters. The van der Waals surface area contributed by atoms with Crippen molar-refractivity contribution in [2.45, 2.75) is 0 Å². The van der Waals surface area contributed by atoms with Crippen LogP contribution in [0.1, 0.15) is 0 Å². The lowest BCUT2D eigenvalue weighted by Crippen LogP contribution is -2.01. The Balaban J connectivity index is 2.73. The highest BCUT2D eigenvalue weighted by molar-refractivity contribution is 7.22. The van der Waals surface area contributed by atoms with Gasteiger partial charge in [0.15, 0.2) is 0 Å². The Labute approximate surface area is 67.9 Å². The molecule has 2 aromatic heterocycles. The Morgan fingerprint density at radius 1 is 1.64 bits per heavy atom. The fourth-order valence-electron chi connectivity index (χ4n) is 1.08. The van der Waals surface area contributed by atoms with Crippen LogP contribution in [0.4, 0.5) is 5.00 Å². The third-order valence-corrected chi connectivity index (χ3v) is 2.47. The minimum Gasteiger partial charge on any atom is -0.417 e. The smallest absolute Gasteiger partial charge is 0.104 e. The zero-order chi connectivity index (χ0) is 7.84. The summed E-state index contributed by atoms with van der Waals surface area (Å²) in [5.74, 6) is 0. The van der Waals surface area contributed by atoms with Crippen LogP contribution in [-0.4, -0.2) is 11.8 Å². The van der Waals surface area contributed by atoms with Gasteiger partial charge in [-0.15, -0.1) is 11.3 Å². The topological polar surface area (TPSA) is 40.2 Å². The Morgan fingerprint density at radius 3 is 3.18 bits per heavy atom. The average molecular weight is 168 g/mol. The zero-order valence-corrected chi connectivity index (χ0v) is 6.89. The molecule has 11 heavy (non-hydrogen) atoms. The molecule has 0 amide bonds. The molecule has 0 aliphatic carbocycles. The first-order valence-electron chi connectivity index (χ1n) is 3.22. The fourth-order valence-corrected chi connectivity index (χ4v) is 1.89. The summed E-state index contributed by atoms with van der Waals surface area (Å²) in [4.78, 5) is 5.05. The largest absolute Gasteiger partial charge is 0.417 e. The second-order valence-corrected chi connectivity index (χ2v) is 3.34. The highest BCUT2D eigenvalue weighted by atomic mass is 32.1. The number of rotatable bonds is 1. The van der Waals surface area contributed by atoms with Gasteiger partial charge in [0.1, 0.15) is 7.11 Å². The number of hydrogen-bond donors (Lipinski definition) is 1. The number of aromatic nitrogens is 1. The molecule has 0 aromatic carbocycles. The first-order valence-corrected chi connectivity index (χ1v) is 4.04. The molecule has 0 bridgehead atoms. The van der Waals surface area contributed by atoms with Crippen LogP contribution in [-0.2, 0) is 0 Å². The number of hydrogen-bond acceptors (Lipinski definition) is 3. The highest BCUT2D eigenvalue weighted by Gasteiger charge is 2.03. The van der Waals surface area contributed by atoms with Gasteiger partial charge in [-0.25, -0.2) is 0 Å². The van der Waals surface area contributed by atoms with Crippen molar-refractivity contribution in [2.24, 2.45) is 0 Å². The van der Waals surface area contributed by atoms with Crippen LogP contribution < -0.4 is 10.6 Å². The third kappa shape index (κ3) is 0.867. The van der Waals surface area contributed by atoms with Crippen molar-refractivity contribution in [1.82, 2.24) is 4.73 Å². The van der Waals surface area contributed by atoms with Gasteiger partial charge in [0, 0.05) is 12.3 Å². The van der Waals surface area contributed by atoms with E-state index in [4.69, 9.17) is 10.6 Å². The number of nitrogens with two attached hydrogens (primary N) is 1. The van der Waals surface area contributed by atoms with E-state index in [0.717, 1.165) is 15.2 Å². The first kappa shape index (κ1) is 6.54. The van der Waals surface area contributed by atoms with Gasteiger partial charge in [0.05, 0.1) is 15.2 Å². The van der Waals surface area contributed by atoms with Crippen LogP contribution in [0.5, 0.6) is 0 Å². The predicted octanol–water partition coefficient (Wildman–Crippen LogP) is 1.34. The van der Waals surface area contributed by atoms with Crippen LogP contribution in [0.3, 0.4) is 0 Å². The molecule has 2 N–H and O–H groups in total. The standard InChI is InChI=1S/C7H8N2OS/c1-10-9-3-2-6-5(9)4-7(8)11-6/h2-4H,8H2,1H3. The number of thiophene rings is 1. The zero-order valence-electron chi connectivity index (χ0n) is 6.07. The molecule has 0 atom stereocenters. The molecule has 0 radical (unpaired) electrons. The maximum absolute atomic E-state index is 5.61. The normalized spacial score (nSPS) is 10.6. The van der Waals surface area contributed by atoms with Crippen molar-refractivity contribution in [1.29, 1.82) is 0 Å². The van der Waals surface area contributed by atoms with Gasteiger partial charge < -0.3 is 10.6 Å². The van der Waals surface area contributed by atoms with E-state index >= 15 is 0 Å². The SMILES string of the molecule is COn1ccc2sc(N)cc21. The van der Waals surface area contributed by atoms with Crippen LogP contribution in [0.15, 0.2) is 18.3 Å². The van der Waals surface area contributed by atoms with E-state index < -0.39 is 0 Å². The minimum atomic E-state index is 0.821.